The van der Waals surface area contributed by atoms with Crippen LogP contribution in [-0.4, -0.2) is 13.2 Å². The van der Waals surface area contributed by atoms with Crippen LogP contribution >= 0.6 is 23.2 Å². The number of ether oxygens (including phenoxy) is 1. The molecule has 0 bridgehead atoms. The van der Waals surface area contributed by atoms with Crippen molar-refractivity contribution in [3.05, 3.63) is 68.7 Å². The molecule has 0 aliphatic carbocycles. The highest BCUT2D eigenvalue weighted by atomic mass is 35.5. The summed E-state index contributed by atoms with van der Waals surface area (Å²) in [6.45, 7) is 14.3. The summed E-state index contributed by atoms with van der Waals surface area (Å²) >= 11 is 12.7. The molecule has 2 atom stereocenters. The second-order valence-corrected chi connectivity index (χ2v) is 9.06. The molecule has 148 valence electrons. The molecule has 0 aromatic heterocycles. The van der Waals surface area contributed by atoms with Gasteiger partial charge in [0.05, 0.1) is 13.2 Å². The van der Waals surface area contributed by atoms with Gasteiger partial charge in [0, 0.05) is 20.9 Å². The number of hydrogen-bond acceptors (Lipinski definition) is 1. The number of aryl methyl sites for hydroxylation is 2. The molecule has 0 aliphatic heterocycles. The summed E-state index contributed by atoms with van der Waals surface area (Å²) in [5, 5.41) is 1.64. The molecule has 0 radical (unpaired) electrons. The van der Waals surface area contributed by atoms with Crippen LogP contribution in [0.1, 0.15) is 62.8 Å². The molecule has 2 unspecified atom stereocenters. The number of rotatable bonds is 8. The van der Waals surface area contributed by atoms with Gasteiger partial charge in [0.25, 0.3) is 0 Å². The fourth-order valence-corrected chi connectivity index (χ4v) is 3.58. The minimum absolute atomic E-state index is 0.0586. The summed E-state index contributed by atoms with van der Waals surface area (Å²) in [5.41, 5.74) is 4.56. The Hall–Kier alpha value is -1.02. The van der Waals surface area contributed by atoms with Crippen LogP contribution in [0.4, 0.5) is 0 Å². The van der Waals surface area contributed by atoms with E-state index in [2.05, 4.69) is 64.1 Å². The standard InChI is InChI=1S/C24H32Cl2O/c1-7-23(5,19-11-9-17(3)21(25)13-19)15-27-16-24(6,8-2)20-12-10-18(4)22(26)14-20/h9-14H,7-8,15-16H2,1-6H3. The lowest BCUT2D eigenvalue weighted by Gasteiger charge is -2.33. The Morgan fingerprint density at radius 3 is 1.41 bits per heavy atom. The Balaban J connectivity index is 2.14. The maximum absolute atomic E-state index is 6.36. The predicted molar refractivity (Wildman–Crippen MR) is 118 cm³/mol. The highest BCUT2D eigenvalue weighted by Gasteiger charge is 2.29. The van der Waals surface area contributed by atoms with Crippen LogP contribution in [0, 0.1) is 13.8 Å². The molecule has 0 fully saturated rings. The SMILES string of the molecule is CCC(C)(COCC(C)(CC)c1ccc(C)c(Cl)c1)c1ccc(C)c(Cl)c1. The number of benzene rings is 2. The smallest absolute Gasteiger partial charge is 0.0560 e. The van der Waals surface area contributed by atoms with E-state index < -0.39 is 0 Å². The van der Waals surface area contributed by atoms with Gasteiger partial charge in [-0.15, -0.1) is 0 Å². The molecule has 27 heavy (non-hydrogen) atoms. The molecule has 3 heteroatoms. The van der Waals surface area contributed by atoms with Gasteiger partial charge in [-0.25, -0.2) is 0 Å². The Labute approximate surface area is 175 Å². The van der Waals surface area contributed by atoms with Gasteiger partial charge in [-0.3, -0.25) is 0 Å². The molecule has 0 spiro atoms. The summed E-state index contributed by atoms with van der Waals surface area (Å²) < 4.78 is 6.31. The van der Waals surface area contributed by atoms with Crippen LogP contribution in [0.3, 0.4) is 0 Å². The van der Waals surface area contributed by atoms with Gasteiger partial charge >= 0.3 is 0 Å². The summed E-state index contributed by atoms with van der Waals surface area (Å²) in [5.74, 6) is 0. The van der Waals surface area contributed by atoms with E-state index in [9.17, 15) is 0 Å². The average Bonchev–Trinajstić information content (AvgIpc) is 2.65. The predicted octanol–water partition coefficient (Wildman–Crippen LogP) is 7.66. The largest absolute Gasteiger partial charge is 0.380 e. The Morgan fingerprint density at radius 1 is 0.741 bits per heavy atom. The van der Waals surface area contributed by atoms with Crippen LogP contribution in [0.5, 0.6) is 0 Å². The molecule has 2 rings (SSSR count). The molecular weight excluding hydrogens is 375 g/mol. The Kier molecular flexibility index (Phi) is 7.41. The van der Waals surface area contributed by atoms with Crippen LogP contribution < -0.4 is 0 Å². The topological polar surface area (TPSA) is 9.23 Å². The van der Waals surface area contributed by atoms with Crippen LogP contribution in [0.2, 0.25) is 10.0 Å². The molecule has 0 aliphatic rings. The summed E-state index contributed by atoms with van der Waals surface area (Å²) in [6, 6.07) is 12.7. The molecule has 2 aromatic rings. The summed E-state index contributed by atoms with van der Waals surface area (Å²) in [7, 11) is 0. The van der Waals surface area contributed by atoms with E-state index in [1.54, 1.807) is 0 Å². The molecule has 1 nitrogen and oxygen atoms in total. The van der Waals surface area contributed by atoms with Crippen molar-refractivity contribution < 1.29 is 4.74 Å². The van der Waals surface area contributed by atoms with E-state index in [4.69, 9.17) is 27.9 Å². The van der Waals surface area contributed by atoms with E-state index in [-0.39, 0.29) is 10.8 Å². The van der Waals surface area contributed by atoms with Crippen molar-refractivity contribution >= 4 is 23.2 Å². The Morgan fingerprint density at radius 2 is 1.11 bits per heavy atom. The third kappa shape index (κ3) is 5.08. The second kappa shape index (κ2) is 8.99. The normalized spacial score (nSPS) is 16.0. The number of halogens is 2. The minimum atomic E-state index is -0.0586. The van der Waals surface area contributed by atoms with Crippen molar-refractivity contribution in [1.82, 2.24) is 0 Å². The van der Waals surface area contributed by atoms with Gasteiger partial charge < -0.3 is 4.74 Å². The van der Waals surface area contributed by atoms with E-state index in [1.165, 1.54) is 11.1 Å². The van der Waals surface area contributed by atoms with E-state index in [0.29, 0.717) is 13.2 Å². The lowest BCUT2D eigenvalue weighted by Crippen LogP contribution is -2.33. The first kappa shape index (κ1) is 22.3. The van der Waals surface area contributed by atoms with E-state index in [1.807, 2.05) is 13.8 Å². The highest BCUT2D eigenvalue weighted by Crippen LogP contribution is 2.34. The molecular formula is C24H32Cl2O. The van der Waals surface area contributed by atoms with E-state index in [0.717, 1.165) is 34.0 Å². The minimum Gasteiger partial charge on any atom is -0.380 e. The fourth-order valence-electron chi connectivity index (χ4n) is 3.22. The quantitative estimate of drug-likeness (QED) is 0.436. The molecule has 0 saturated heterocycles. The molecule has 0 N–H and O–H groups in total. The van der Waals surface area contributed by atoms with Crippen LogP contribution in [0.15, 0.2) is 36.4 Å². The summed E-state index contributed by atoms with van der Waals surface area (Å²) in [6.07, 6.45) is 1.98. The van der Waals surface area contributed by atoms with Crippen LogP contribution in [0.25, 0.3) is 0 Å². The lowest BCUT2D eigenvalue weighted by molar-refractivity contribution is 0.0510. The fraction of sp³-hybridized carbons (Fsp3) is 0.500. The van der Waals surface area contributed by atoms with Gasteiger partial charge in [-0.1, -0.05) is 75.2 Å². The number of hydrogen-bond donors (Lipinski definition) is 0. The highest BCUT2D eigenvalue weighted by molar-refractivity contribution is 6.31. The summed E-state index contributed by atoms with van der Waals surface area (Å²) in [4.78, 5) is 0. The zero-order chi connectivity index (χ0) is 20.2. The van der Waals surface area contributed by atoms with Crippen LogP contribution in [-0.2, 0) is 15.6 Å². The first-order valence-electron chi connectivity index (χ1n) is 9.76. The van der Waals surface area contributed by atoms with E-state index >= 15 is 0 Å². The third-order valence-corrected chi connectivity index (χ3v) is 6.95. The monoisotopic (exact) mass is 406 g/mol. The van der Waals surface area contributed by atoms with Crippen molar-refractivity contribution in [2.24, 2.45) is 0 Å². The zero-order valence-corrected chi connectivity index (χ0v) is 19.0. The van der Waals surface area contributed by atoms with Crippen molar-refractivity contribution in [2.75, 3.05) is 13.2 Å². The molecule has 0 saturated carbocycles. The van der Waals surface area contributed by atoms with Crippen molar-refractivity contribution in [3.63, 3.8) is 0 Å². The van der Waals surface area contributed by atoms with Gasteiger partial charge in [-0.2, -0.15) is 0 Å². The first-order valence-corrected chi connectivity index (χ1v) is 10.5. The average molecular weight is 407 g/mol. The first-order chi connectivity index (χ1) is 12.6. The van der Waals surface area contributed by atoms with Gasteiger partial charge in [0.15, 0.2) is 0 Å². The zero-order valence-electron chi connectivity index (χ0n) is 17.5. The van der Waals surface area contributed by atoms with Gasteiger partial charge in [0.2, 0.25) is 0 Å². The van der Waals surface area contributed by atoms with Gasteiger partial charge in [-0.05, 0) is 61.1 Å². The Bertz CT molecular complexity index is 720. The maximum Gasteiger partial charge on any atom is 0.0560 e. The molecule has 0 heterocycles. The van der Waals surface area contributed by atoms with Crippen molar-refractivity contribution in [3.8, 4) is 0 Å². The molecule has 2 aromatic carbocycles. The third-order valence-electron chi connectivity index (χ3n) is 6.14. The van der Waals surface area contributed by atoms with Crippen molar-refractivity contribution in [1.29, 1.82) is 0 Å². The van der Waals surface area contributed by atoms with Gasteiger partial charge in [0.1, 0.15) is 0 Å². The lowest BCUT2D eigenvalue weighted by atomic mass is 9.79. The maximum atomic E-state index is 6.36. The molecule has 0 amide bonds. The van der Waals surface area contributed by atoms with Crippen molar-refractivity contribution in [2.45, 2.75) is 65.2 Å². The second-order valence-electron chi connectivity index (χ2n) is 8.25.